The molecule has 19 heavy (non-hydrogen) atoms. The number of hydrogen-bond acceptors (Lipinski definition) is 2. The molecule has 0 spiro atoms. The zero-order valence-corrected chi connectivity index (χ0v) is 11.9. The summed E-state index contributed by atoms with van der Waals surface area (Å²) in [5, 5.41) is 4.26. The zero-order chi connectivity index (χ0) is 13.8. The maximum absolute atomic E-state index is 13.6. The van der Waals surface area contributed by atoms with E-state index < -0.39 is 0 Å². The van der Waals surface area contributed by atoms with Gasteiger partial charge in [0.05, 0.1) is 0 Å². The quantitative estimate of drug-likeness (QED) is 0.786. The van der Waals surface area contributed by atoms with E-state index in [1.54, 1.807) is 6.07 Å². The molecule has 104 valence electrons. The Kier molecular flexibility index (Phi) is 4.59. The molecule has 0 aliphatic heterocycles. The number of benzene rings is 1. The monoisotopic (exact) mass is 263 g/mol. The third kappa shape index (κ3) is 3.16. The summed E-state index contributed by atoms with van der Waals surface area (Å²) in [4.78, 5) is 0. The number of furan rings is 1. The van der Waals surface area contributed by atoms with Crippen molar-refractivity contribution in [1.82, 2.24) is 5.32 Å². The fraction of sp³-hybridized carbons (Fsp3) is 0.500. The van der Waals surface area contributed by atoms with Gasteiger partial charge in [0.1, 0.15) is 5.76 Å². The Labute approximate surface area is 114 Å². The van der Waals surface area contributed by atoms with Crippen LogP contribution in [0, 0.1) is 11.7 Å². The van der Waals surface area contributed by atoms with Gasteiger partial charge in [0.25, 0.3) is 0 Å². The van der Waals surface area contributed by atoms with Gasteiger partial charge in [-0.3, -0.25) is 0 Å². The first-order valence-electron chi connectivity index (χ1n) is 7.02. The number of halogens is 1. The summed E-state index contributed by atoms with van der Waals surface area (Å²) in [7, 11) is 0. The summed E-state index contributed by atoms with van der Waals surface area (Å²) in [6, 6.07) is 7.00. The summed E-state index contributed by atoms with van der Waals surface area (Å²) in [6.45, 7) is 8.47. The van der Waals surface area contributed by atoms with Gasteiger partial charge in [0.15, 0.2) is 11.4 Å². The Bertz CT molecular complexity index is 535. The highest BCUT2D eigenvalue weighted by atomic mass is 19.1. The molecule has 0 radical (unpaired) electrons. The van der Waals surface area contributed by atoms with Crippen LogP contribution >= 0.6 is 0 Å². The van der Waals surface area contributed by atoms with Crippen molar-refractivity contribution in [3.63, 3.8) is 0 Å². The van der Waals surface area contributed by atoms with Crippen molar-refractivity contribution >= 4 is 11.0 Å². The molecule has 3 heteroatoms. The lowest BCUT2D eigenvalue weighted by Gasteiger charge is -2.18. The molecule has 0 bridgehead atoms. The lowest BCUT2D eigenvalue weighted by molar-refractivity contribution is 0.388. The first-order chi connectivity index (χ1) is 9.13. The summed E-state index contributed by atoms with van der Waals surface area (Å²) >= 11 is 0. The van der Waals surface area contributed by atoms with Crippen LogP contribution in [0.2, 0.25) is 0 Å². The van der Waals surface area contributed by atoms with E-state index in [0.29, 0.717) is 11.5 Å². The molecule has 1 aromatic carbocycles. The van der Waals surface area contributed by atoms with Gasteiger partial charge in [-0.2, -0.15) is 0 Å². The average molecular weight is 263 g/mol. The molecule has 0 aliphatic carbocycles. The van der Waals surface area contributed by atoms with Crippen LogP contribution in [0.1, 0.15) is 38.9 Å². The molecule has 2 aromatic rings. The summed E-state index contributed by atoms with van der Waals surface area (Å²) in [5.41, 5.74) is 0.373. The van der Waals surface area contributed by atoms with E-state index in [1.165, 1.54) is 6.07 Å². The van der Waals surface area contributed by atoms with Gasteiger partial charge in [0, 0.05) is 11.3 Å². The number of rotatable bonds is 6. The van der Waals surface area contributed by atoms with E-state index in [-0.39, 0.29) is 11.7 Å². The van der Waals surface area contributed by atoms with Gasteiger partial charge < -0.3 is 9.73 Å². The van der Waals surface area contributed by atoms with E-state index in [2.05, 4.69) is 26.1 Å². The van der Waals surface area contributed by atoms with E-state index in [4.69, 9.17) is 4.42 Å². The molecule has 0 saturated heterocycles. The molecule has 2 rings (SSSR count). The fourth-order valence-electron chi connectivity index (χ4n) is 2.24. The van der Waals surface area contributed by atoms with Gasteiger partial charge in [-0.05, 0) is 37.6 Å². The number of nitrogens with one attached hydrogen (secondary N) is 1. The Morgan fingerprint density at radius 1 is 1.32 bits per heavy atom. The summed E-state index contributed by atoms with van der Waals surface area (Å²) in [5.74, 6) is 1.31. The topological polar surface area (TPSA) is 25.2 Å². The van der Waals surface area contributed by atoms with Gasteiger partial charge >= 0.3 is 0 Å². The SMILES string of the molecule is CCCNCC(C)C(C)c1cc2cccc(F)c2o1. The second-order valence-electron chi connectivity index (χ2n) is 5.28. The van der Waals surface area contributed by atoms with Crippen LogP contribution in [-0.2, 0) is 0 Å². The Hall–Kier alpha value is -1.35. The van der Waals surface area contributed by atoms with Crippen molar-refractivity contribution in [3.05, 3.63) is 35.8 Å². The molecule has 2 nitrogen and oxygen atoms in total. The van der Waals surface area contributed by atoms with Crippen LogP contribution in [0.15, 0.2) is 28.7 Å². The minimum Gasteiger partial charge on any atom is -0.458 e. The van der Waals surface area contributed by atoms with Crippen molar-refractivity contribution < 1.29 is 8.81 Å². The van der Waals surface area contributed by atoms with Crippen molar-refractivity contribution in [1.29, 1.82) is 0 Å². The standard InChI is InChI=1S/C16H22FNO/c1-4-8-18-10-11(2)12(3)15-9-13-6-5-7-14(17)16(13)19-15/h5-7,9,11-12,18H,4,8,10H2,1-3H3. The van der Waals surface area contributed by atoms with Crippen LogP contribution in [0.5, 0.6) is 0 Å². The molecule has 0 fully saturated rings. The van der Waals surface area contributed by atoms with E-state index in [9.17, 15) is 4.39 Å². The van der Waals surface area contributed by atoms with Crippen molar-refractivity contribution in [2.45, 2.75) is 33.1 Å². The van der Waals surface area contributed by atoms with Crippen LogP contribution in [0.25, 0.3) is 11.0 Å². The predicted octanol–water partition coefficient (Wildman–Crippen LogP) is 4.31. The average Bonchev–Trinajstić information content (AvgIpc) is 2.83. The van der Waals surface area contributed by atoms with Crippen LogP contribution in [0.4, 0.5) is 4.39 Å². The molecule has 1 heterocycles. The molecule has 0 aliphatic rings. The molecule has 0 amide bonds. The zero-order valence-electron chi connectivity index (χ0n) is 11.9. The smallest absolute Gasteiger partial charge is 0.169 e. The normalized spacial score (nSPS) is 14.7. The third-order valence-corrected chi connectivity index (χ3v) is 3.71. The summed E-state index contributed by atoms with van der Waals surface area (Å²) in [6.07, 6.45) is 1.14. The first kappa shape index (κ1) is 14.1. The Balaban J connectivity index is 2.12. The lowest BCUT2D eigenvalue weighted by atomic mass is 9.93. The number of para-hydroxylation sites is 1. The maximum Gasteiger partial charge on any atom is 0.169 e. The van der Waals surface area contributed by atoms with Crippen molar-refractivity contribution in [3.8, 4) is 0 Å². The minimum atomic E-state index is -0.285. The van der Waals surface area contributed by atoms with Gasteiger partial charge in [0.2, 0.25) is 0 Å². The molecular formula is C16H22FNO. The molecule has 2 atom stereocenters. The minimum absolute atomic E-state index is 0.274. The van der Waals surface area contributed by atoms with E-state index >= 15 is 0 Å². The largest absolute Gasteiger partial charge is 0.458 e. The second kappa shape index (κ2) is 6.20. The highest BCUT2D eigenvalue weighted by Crippen LogP contribution is 2.30. The third-order valence-electron chi connectivity index (χ3n) is 3.71. The molecule has 1 aromatic heterocycles. The predicted molar refractivity (Wildman–Crippen MR) is 76.9 cm³/mol. The molecule has 2 unspecified atom stereocenters. The second-order valence-corrected chi connectivity index (χ2v) is 5.28. The highest BCUT2D eigenvalue weighted by molar-refractivity contribution is 5.78. The molecule has 0 saturated carbocycles. The van der Waals surface area contributed by atoms with E-state index in [0.717, 1.165) is 30.7 Å². The van der Waals surface area contributed by atoms with Crippen LogP contribution in [0.3, 0.4) is 0 Å². The summed E-state index contributed by atoms with van der Waals surface area (Å²) < 4.78 is 19.3. The van der Waals surface area contributed by atoms with Gasteiger partial charge in [-0.15, -0.1) is 0 Å². The lowest BCUT2D eigenvalue weighted by Crippen LogP contribution is -2.24. The highest BCUT2D eigenvalue weighted by Gasteiger charge is 2.19. The maximum atomic E-state index is 13.6. The first-order valence-corrected chi connectivity index (χ1v) is 7.02. The molecular weight excluding hydrogens is 241 g/mol. The number of fused-ring (bicyclic) bond motifs is 1. The van der Waals surface area contributed by atoms with Crippen molar-refractivity contribution in [2.24, 2.45) is 5.92 Å². The Morgan fingerprint density at radius 2 is 2.11 bits per heavy atom. The Morgan fingerprint density at radius 3 is 2.79 bits per heavy atom. The van der Waals surface area contributed by atoms with Gasteiger partial charge in [-0.1, -0.05) is 32.9 Å². The number of hydrogen-bond donors (Lipinski definition) is 1. The van der Waals surface area contributed by atoms with Crippen LogP contribution in [-0.4, -0.2) is 13.1 Å². The fourth-order valence-corrected chi connectivity index (χ4v) is 2.24. The van der Waals surface area contributed by atoms with Gasteiger partial charge in [-0.25, -0.2) is 4.39 Å². The van der Waals surface area contributed by atoms with Crippen LogP contribution < -0.4 is 5.32 Å². The van der Waals surface area contributed by atoms with E-state index in [1.807, 2.05) is 12.1 Å². The molecule has 1 N–H and O–H groups in total. The van der Waals surface area contributed by atoms with Crippen molar-refractivity contribution in [2.75, 3.05) is 13.1 Å².